The van der Waals surface area contributed by atoms with Gasteiger partial charge < -0.3 is 9.30 Å². The highest BCUT2D eigenvalue weighted by atomic mass is 32.2. The molecule has 0 bridgehead atoms. The van der Waals surface area contributed by atoms with Crippen molar-refractivity contribution in [2.45, 2.75) is 18.2 Å². The summed E-state index contributed by atoms with van der Waals surface area (Å²) in [7, 11) is -0.428. The first-order valence-electron chi connectivity index (χ1n) is 8.37. The quantitative estimate of drug-likeness (QED) is 0.655. The molecule has 0 saturated heterocycles. The number of aryl methyl sites for hydroxylation is 2. The summed E-state index contributed by atoms with van der Waals surface area (Å²) in [5.74, 6) is -0.811. The van der Waals surface area contributed by atoms with Crippen LogP contribution >= 0.6 is 11.3 Å². The Bertz CT molecular complexity index is 1160. The van der Waals surface area contributed by atoms with Crippen LogP contribution in [0.1, 0.15) is 12.5 Å². The molecule has 0 N–H and O–H groups in total. The molecule has 8 heteroatoms. The highest BCUT2D eigenvalue weighted by molar-refractivity contribution is 7.92. The third-order valence-corrected chi connectivity index (χ3v) is 6.95. The van der Waals surface area contributed by atoms with E-state index in [1.165, 1.54) is 30.6 Å². The van der Waals surface area contributed by atoms with Crippen molar-refractivity contribution in [3.63, 3.8) is 0 Å². The number of rotatable bonds is 5. The van der Waals surface area contributed by atoms with Gasteiger partial charge in [-0.25, -0.2) is 8.42 Å². The van der Waals surface area contributed by atoms with Crippen molar-refractivity contribution in [1.29, 1.82) is 0 Å². The van der Waals surface area contributed by atoms with E-state index in [0.29, 0.717) is 10.6 Å². The summed E-state index contributed by atoms with van der Waals surface area (Å²) >= 11 is 1.37. The number of fused-ring (bicyclic) bond motifs is 1. The molecule has 0 unspecified atom stereocenters. The summed E-state index contributed by atoms with van der Waals surface area (Å²) in [6.45, 7) is 2.07. The molecule has 142 valence electrons. The SMILES string of the molecule is CCc1cccc2sc(=NC(=O)CS(=O)(=O)c3ccc(OC)cc3)n(C)c12. The van der Waals surface area contributed by atoms with Crippen LogP contribution in [-0.4, -0.2) is 31.8 Å². The van der Waals surface area contributed by atoms with Crippen LogP contribution in [0.4, 0.5) is 0 Å². The zero-order valence-corrected chi connectivity index (χ0v) is 16.9. The van der Waals surface area contributed by atoms with Crippen molar-refractivity contribution in [1.82, 2.24) is 4.57 Å². The van der Waals surface area contributed by atoms with Crippen molar-refractivity contribution >= 4 is 37.3 Å². The third kappa shape index (κ3) is 3.96. The number of carbonyl (C=O) groups is 1. The number of methoxy groups -OCH3 is 1. The molecule has 6 nitrogen and oxygen atoms in total. The van der Waals surface area contributed by atoms with Gasteiger partial charge in [-0.05, 0) is 42.3 Å². The van der Waals surface area contributed by atoms with Crippen LogP contribution in [0, 0.1) is 0 Å². The molecule has 0 saturated carbocycles. The number of hydrogen-bond acceptors (Lipinski definition) is 5. The van der Waals surface area contributed by atoms with Gasteiger partial charge in [-0.2, -0.15) is 4.99 Å². The summed E-state index contributed by atoms with van der Waals surface area (Å²) in [6, 6.07) is 11.9. The zero-order chi connectivity index (χ0) is 19.6. The van der Waals surface area contributed by atoms with Crippen LogP contribution in [0.15, 0.2) is 52.4 Å². The lowest BCUT2D eigenvalue weighted by Gasteiger charge is -2.04. The number of thiazole rings is 1. The first-order chi connectivity index (χ1) is 12.9. The molecule has 0 aliphatic heterocycles. The van der Waals surface area contributed by atoms with Crippen molar-refractivity contribution in [2.75, 3.05) is 12.9 Å². The minimum Gasteiger partial charge on any atom is -0.497 e. The number of amides is 1. The summed E-state index contributed by atoms with van der Waals surface area (Å²) < 4.78 is 32.8. The lowest BCUT2D eigenvalue weighted by atomic mass is 10.1. The fraction of sp³-hybridized carbons (Fsp3) is 0.263. The second-order valence-corrected chi connectivity index (χ2v) is 9.00. The number of sulfone groups is 1. The fourth-order valence-corrected chi connectivity index (χ4v) is 5.04. The number of aromatic nitrogens is 1. The molecule has 0 fully saturated rings. The van der Waals surface area contributed by atoms with Gasteiger partial charge in [0.2, 0.25) is 0 Å². The van der Waals surface area contributed by atoms with E-state index in [4.69, 9.17) is 4.74 Å². The van der Waals surface area contributed by atoms with Crippen LogP contribution < -0.4 is 9.54 Å². The smallest absolute Gasteiger partial charge is 0.263 e. The largest absolute Gasteiger partial charge is 0.497 e. The molecule has 0 spiro atoms. The molecule has 1 heterocycles. The molecule has 1 aromatic heterocycles. The highest BCUT2D eigenvalue weighted by Crippen LogP contribution is 2.21. The van der Waals surface area contributed by atoms with Crippen LogP contribution in [0.2, 0.25) is 0 Å². The minimum absolute atomic E-state index is 0.0702. The number of hydrogen-bond donors (Lipinski definition) is 0. The van der Waals surface area contributed by atoms with Gasteiger partial charge in [-0.15, -0.1) is 0 Å². The van der Waals surface area contributed by atoms with Crippen molar-refractivity contribution in [2.24, 2.45) is 12.0 Å². The standard InChI is InChI=1S/C19H20N2O4S2/c1-4-13-6-5-7-16-18(13)21(2)19(26-16)20-17(22)12-27(23,24)15-10-8-14(25-3)9-11-15/h5-11H,4,12H2,1-3H3. The fourth-order valence-electron chi connectivity index (χ4n) is 2.84. The van der Waals surface area contributed by atoms with Crippen LogP contribution in [0.5, 0.6) is 5.75 Å². The lowest BCUT2D eigenvalue weighted by Crippen LogP contribution is -2.19. The predicted molar refractivity (Wildman–Crippen MR) is 106 cm³/mol. The Morgan fingerprint density at radius 3 is 2.52 bits per heavy atom. The van der Waals surface area contributed by atoms with Crippen LogP contribution in [0.25, 0.3) is 10.2 Å². The van der Waals surface area contributed by atoms with Crippen molar-refractivity contribution < 1.29 is 17.9 Å². The average molecular weight is 405 g/mol. The van der Waals surface area contributed by atoms with Gasteiger partial charge in [-0.3, -0.25) is 4.79 Å². The van der Waals surface area contributed by atoms with E-state index < -0.39 is 21.5 Å². The number of ether oxygens (including phenoxy) is 1. The lowest BCUT2D eigenvalue weighted by molar-refractivity contribution is -0.115. The molecule has 3 aromatic rings. The second kappa shape index (κ2) is 7.66. The van der Waals surface area contributed by atoms with Crippen LogP contribution in [0.3, 0.4) is 0 Å². The molecule has 0 radical (unpaired) electrons. The van der Waals surface area contributed by atoms with E-state index in [2.05, 4.69) is 11.9 Å². The predicted octanol–water partition coefficient (Wildman–Crippen LogP) is 2.71. The Kier molecular flexibility index (Phi) is 5.48. The maximum atomic E-state index is 12.5. The Morgan fingerprint density at radius 2 is 1.89 bits per heavy atom. The van der Waals surface area contributed by atoms with Gasteiger partial charge in [0.1, 0.15) is 11.5 Å². The number of benzene rings is 2. The van der Waals surface area contributed by atoms with E-state index in [9.17, 15) is 13.2 Å². The van der Waals surface area contributed by atoms with Gasteiger partial charge in [0.25, 0.3) is 5.91 Å². The Morgan fingerprint density at radius 1 is 1.19 bits per heavy atom. The molecule has 0 atom stereocenters. The molecule has 0 aliphatic carbocycles. The van der Waals surface area contributed by atoms with Gasteiger partial charge in [0.15, 0.2) is 14.6 Å². The van der Waals surface area contributed by atoms with E-state index in [0.717, 1.165) is 22.2 Å². The monoisotopic (exact) mass is 404 g/mol. The summed E-state index contributed by atoms with van der Waals surface area (Å²) in [4.78, 5) is 16.9. The van der Waals surface area contributed by atoms with Crippen molar-refractivity contribution in [3.05, 3.63) is 52.8 Å². The second-order valence-electron chi connectivity index (χ2n) is 6.00. The number of para-hydroxylation sites is 1. The Labute approximate surface area is 161 Å². The van der Waals surface area contributed by atoms with Gasteiger partial charge in [0, 0.05) is 7.05 Å². The van der Waals surface area contributed by atoms with Crippen molar-refractivity contribution in [3.8, 4) is 5.75 Å². The molecule has 2 aromatic carbocycles. The van der Waals surface area contributed by atoms with Gasteiger partial charge in [0.05, 0.1) is 22.2 Å². The summed E-state index contributed by atoms with van der Waals surface area (Å²) in [5, 5.41) is 0. The first kappa shape index (κ1) is 19.3. The summed E-state index contributed by atoms with van der Waals surface area (Å²) in [6.07, 6.45) is 0.862. The first-order valence-corrected chi connectivity index (χ1v) is 10.8. The maximum absolute atomic E-state index is 12.5. The van der Waals surface area contributed by atoms with Gasteiger partial charge in [-0.1, -0.05) is 30.4 Å². The molecule has 1 amide bonds. The number of carbonyl (C=O) groups excluding carboxylic acids is 1. The molecule has 0 aliphatic rings. The zero-order valence-electron chi connectivity index (χ0n) is 15.3. The molecule has 27 heavy (non-hydrogen) atoms. The average Bonchev–Trinajstić information content (AvgIpc) is 2.97. The Balaban J connectivity index is 1.92. The van der Waals surface area contributed by atoms with E-state index in [1.807, 2.05) is 29.8 Å². The van der Waals surface area contributed by atoms with E-state index in [-0.39, 0.29) is 4.90 Å². The van der Waals surface area contributed by atoms with E-state index >= 15 is 0 Å². The van der Waals surface area contributed by atoms with Gasteiger partial charge >= 0.3 is 0 Å². The normalized spacial score (nSPS) is 12.5. The third-order valence-electron chi connectivity index (χ3n) is 4.24. The number of nitrogens with zero attached hydrogens (tertiary/aromatic N) is 2. The van der Waals surface area contributed by atoms with E-state index in [1.54, 1.807) is 12.1 Å². The highest BCUT2D eigenvalue weighted by Gasteiger charge is 2.19. The topological polar surface area (TPSA) is 77.7 Å². The molecular weight excluding hydrogens is 384 g/mol. The molecular formula is C19H20N2O4S2. The minimum atomic E-state index is -3.76. The maximum Gasteiger partial charge on any atom is 0.263 e. The Hall–Kier alpha value is -2.45. The summed E-state index contributed by atoms with van der Waals surface area (Å²) in [5.41, 5.74) is 2.18. The van der Waals surface area contributed by atoms with Crippen LogP contribution in [-0.2, 0) is 28.1 Å². The molecule has 3 rings (SSSR count).